The van der Waals surface area contributed by atoms with Gasteiger partial charge in [0.2, 0.25) is 5.88 Å². The normalized spacial score (nSPS) is 20.2. The average Bonchev–Trinajstić information content (AvgIpc) is 3.11. The molecule has 0 amide bonds. The van der Waals surface area contributed by atoms with Gasteiger partial charge in [0, 0.05) is 30.5 Å². The summed E-state index contributed by atoms with van der Waals surface area (Å²) in [6.45, 7) is 6.20. The van der Waals surface area contributed by atoms with E-state index >= 15 is 0 Å². The van der Waals surface area contributed by atoms with E-state index in [2.05, 4.69) is 48.4 Å². The molecular formula is C21H28N2O2. The lowest BCUT2D eigenvalue weighted by atomic mass is 10.0. The molecular weight excluding hydrogens is 312 g/mol. The molecule has 2 aromatic rings. The number of nitrogens with one attached hydrogen (secondary N) is 1. The lowest BCUT2D eigenvalue weighted by molar-refractivity contribution is 0.0985. The molecule has 0 bridgehead atoms. The minimum absolute atomic E-state index is 0.0710. The summed E-state index contributed by atoms with van der Waals surface area (Å²) in [7, 11) is 1.63. The predicted octanol–water partition coefficient (Wildman–Crippen LogP) is 3.88. The molecule has 0 spiro atoms. The van der Waals surface area contributed by atoms with E-state index in [9.17, 15) is 0 Å². The number of methoxy groups -OCH3 is 1. The molecule has 1 N–H and O–H groups in total. The summed E-state index contributed by atoms with van der Waals surface area (Å²) in [6, 6.07) is 13.2. The standard InChI is InChI=1S/C21H28N2O2/c1-15(2)17-6-4-16(5-7-17)10-12-22-19-11-13-25-21(19)18-8-9-20(24-3)23-14-18/h4-9,14-15,19,21-22H,10-13H2,1-3H3/t19-,21+/m0/s1. The molecule has 1 aliphatic heterocycles. The van der Waals surface area contributed by atoms with E-state index in [4.69, 9.17) is 9.47 Å². The van der Waals surface area contributed by atoms with Crippen molar-refractivity contribution in [2.45, 2.75) is 44.8 Å². The highest BCUT2D eigenvalue weighted by Gasteiger charge is 2.29. The molecule has 1 saturated heterocycles. The summed E-state index contributed by atoms with van der Waals surface area (Å²) in [6.07, 6.45) is 3.99. The maximum Gasteiger partial charge on any atom is 0.212 e. The number of rotatable bonds is 7. The van der Waals surface area contributed by atoms with Crippen molar-refractivity contribution in [2.24, 2.45) is 0 Å². The quantitative estimate of drug-likeness (QED) is 0.831. The van der Waals surface area contributed by atoms with Gasteiger partial charge in [0.25, 0.3) is 0 Å². The fourth-order valence-corrected chi connectivity index (χ4v) is 3.28. The molecule has 134 valence electrons. The number of hydrogen-bond donors (Lipinski definition) is 1. The molecule has 0 radical (unpaired) electrons. The Labute approximate surface area is 150 Å². The molecule has 4 heteroatoms. The van der Waals surface area contributed by atoms with Gasteiger partial charge in [0.05, 0.1) is 13.2 Å². The Morgan fingerprint density at radius 3 is 2.64 bits per heavy atom. The van der Waals surface area contributed by atoms with E-state index in [0.717, 1.165) is 31.6 Å². The average molecular weight is 340 g/mol. The van der Waals surface area contributed by atoms with Crippen molar-refractivity contribution in [2.75, 3.05) is 20.3 Å². The molecule has 1 aromatic heterocycles. The van der Waals surface area contributed by atoms with Crippen LogP contribution in [0.5, 0.6) is 5.88 Å². The van der Waals surface area contributed by atoms with Crippen molar-refractivity contribution in [3.8, 4) is 5.88 Å². The molecule has 0 aliphatic carbocycles. The van der Waals surface area contributed by atoms with Gasteiger partial charge in [-0.1, -0.05) is 38.1 Å². The Hall–Kier alpha value is -1.91. The van der Waals surface area contributed by atoms with E-state index < -0.39 is 0 Å². The van der Waals surface area contributed by atoms with Crippen LogP contribution in [0.2, 0.25) is 0 Å². The minimum Gasteiger partial charge on any atom is -0.481 e. The summed E-state index contributed by atoms with van der Waals surface area (Å²) in [4.78, 5) is 4.30. The summed E-state index contributed by atoms with van der Waals surface area (Å²) < 4.78 is 11.1. The zero-order valence-corrected chi connectivity index (χ0v) is 15.4. The van der Waals surface area contributed by atoms with E-state index in [1.807, 2.05) is 18.3 Å². The van der Waals surface area contributed by atoms with Crippen LogP contribution in [0.4, 0.5) is 0 Å². The highest BCUT2D eigenvalue weighted by atomic mass is 16.5. The Morgan fingerprint density at radius 2 is 2.00 bits per heavy atom. The van der Waals surface area contributed by atoms with Crippen molar-refractivity contribution in [1.82, 2.24) is 10.3 Å². The first-order valence-corrected chi connectivity index (χ1v) is 9.11. The smallest absolute Gasteiger partial charge is 0.212 e. The Kier molecular flexibility index (Phi) is 6.05. The van der Waals surface area contributed by atoms with E-state index in [0.29, 0.717) is 17.8 Å². The molecule has 0 unspecified atom stereocenters. The molecule has 1 aliphatic rings. The maximum absolute atomic E-state index is 5.93. The molecule has 25 heavy (non-hydrogen) atoms. The van der Waals surface area contributed by atoms with E-state index in [1.165, 1.54) is 11.1 Å². The Balaban J connectivity index is 1.53. The summed E-state index contributed by atoms with van der Waals surface area (Å²) in [5, 5.41) is 3.66. The molecule has 1 aromatic carbocycles. The largest absolute Gasteiger partial charge is 0.481 e. The highest BCUT2D eigenvalue weighted by Crippen LogP contribution is 2.29. The van der Waals surface area contributed by atoms with Gasteiger partial charge in [-0.3, -0.25) is 0 Å². The van der Waals surface area contributed by atoms with Crippen LogP contribution in [0.3, 0.4) is 0 Å². The van der Waals surface area contributed by atoms with Gasteiger partial charge in [-0.15, -0.1) is 0 Å². The van der Waals surface area contributed by atoms with Crippen LogP contribution in [0.25, 0.3) is 0 Å². The third-order valence-electron chi connectivity index (χ3n) is 4.86. The molecule has 2 atom stereocenters. The fourth-order valence-electron chi connectivity index (χ4n) is 3.28. The predicted molar refractivity (Wildman–Crippen MR) is 100 cm³/mol. The topological polar surface area (TPSA) is 43.4 Å². The summed E-state index contributed by atoms with van der Waals surface area (Å²) in [5.74, 6) is 1.22. The first-order chi connectivity index (χ1) is 12.2. The Bertz CT molecular complexity index is 653. The maximum atomic E-state index is 5.93. The summed E-state index contributed by atoms with van der Waals surface area (Å²) in [5.41, 5.74) is 3.88. The molecule has 3 rings (SSSR count). The van der Waals surface area contributed by atoms with Gasteiger partial charge < -0.3 is 14.8 Å². The third-order valence-corrected chi connectivity index (χ3v) is 4.86. The van der Waals surface area contributed by atoms with Crippen molar-refractivity contribution in [1.29, 1.82) is 0 Å². The first kappa shape index (κ1) is 17.9. The molecule has 0 saturated carbocycles. The van der Waals surface area contributed by atoms with Crippen molar-refractivity contribution >= 4 is 0 Å². The van der Waals surface area contributed by atoms with Crippen LogP contribution in [-0.4, -0.2) is 31.3 Å². The SMILES string of the molecule is COc1ccc([C@H]2OCC[C@@H]2NCCc2ccc(C(C)C)cc2)cn1. The van der Waals surface area contributed by atoms with Gasteiger partial charge in [0.15, 0.2) is 0 Å². The Morgan fingerprint density at radius 1 is 1.20 bits per heavy atom. The lowest BCUT2D eigenvalue weighted by Crippen LogP contribution is -2.33. The van der Waals surface area contributed by atoms with Crippen molar-refractivity contribution in [3.05, 3.63) is 59.3 Å². The van der Waals surface area contributed by atoms with Crippen LogP contribution in [0.15, 0.2) is 42.6 Å². The van der Waals surface area contributed by atoms with Crippen molar-refractivity contribution < 1.29 is 9.47 Å². The van der Waals surface area contributed by atoms with Crippen LogP contribution in [0.1, 0.15) is 49.0 Å². The third kappa shape index (κ3) is 4.59. The number of hydrogen-bond acceptors (Lipinski definition) is 4. The second-order valence-electron chi connectivity index (χ2n) is 6.92. The van der Waals surface area contributed by atoms with Crippen LogP contribution >= 0.6 is 0 Å². The molecule has 1 fully saturated rings. The summed E-state index contributed by atoms with van der Waals surface area (Å²) >= 11 is 0. The first-order valence-electron chi connectivity index (χ1n) is 9.11. The van der Waals surface area contributed by atoms with Gasteiger partial charge in [-0.2, -0.15) is 0 Å². The second-order valence-corrected chi connectivity index (χ2v) is 6.92. The molecule has 4 nitrogen and oxygen atoms in total. The van der Waals surface area contributed by atoms with E-state index in [1.54, 1.807) is 7.11 Å². The lowest BCUT2D eigenvalue weighted by Gasteiger charge is -2.20. The highest BCUT2D eigenvalue weighted by molar-refractivity contribution is 5.25. The van der Waals surface area contributed by atoms with Gasteiger partial charge in [-0.05, 0) is 42.5 Å². The van der Waals surface area contributed by atoms with E-state index in [-0.39, 0.29) is 6.10 Å². The monoisotopic (exact) mass is 340 g/mol. The zero-order chi connectivity index (χ0) is 17.6. The van der Waals surface area contributed by atoms with Crippen molar-refractivity contribution in [3.63, 3.8) is 0 Å². The second kappa shape index (κ2) is 8.45. The minimum atomic E-state index is 0.0710. The van der Waals surface area contributed by atoms with Gasteiger partial charge in [-0.25, -0.2) is 4.98 Å². The number of pyridine rings is 1. The van der Waals surface area contributed by atoms with Crippen LogP contribution < -0.4 is 10.1 Å². The molecule has 2 heterocycles. The van der Waals surface area contributed by atoms with Crippen LogP contribution in [0, 0.1) is 0 Å². The number of benzene rings is 1. The zero-order valence-electron chi connectivity index (χ0n) is 15.4. The number of ether oxygens (including phenoxy) is 2. The number of nitrogens with zero attached hydrogens (tertiary/aromatic N) is 1. The van der Waals surface area contributed by atoms with Gasteiger partial charge >= 0.3 is 0 Å². The fraction of sp³-hybridized carbons (Fsp3) is 0.476. The van der Waals surface area contributed by atoms with Crippen LogP contribution in [-0.2, 0) is 11.2 Å². The van der Waals surface area contributed by atoms with Gasteiger partial charge in [0.1, 0.15) is 0 Å². The number of aromatic nitrogens is 1.